The highest BCUT2D eigenvalue weighted by Crippen LogP contribution is 2.61. The molecule has 2 aromatic carbocycles. The Bertz CT molecular complexity index is 1120. The Hall–Kier alpha value is -3.09. The van der Waals surface area contributed by atoms with Gasteiger partial charge in [0, 0.05) is 20.0 Å². The lowest BCUT2D eigenvalue weighted by atomic mass is 9.49. The van der Waals surface area contributed by atoms with Crippen molar-refractivity contribution < 1.29 is 23.9 Å². The molecule has 0 spiro atoms. The number of carbonyl (C=O) groups is 3. The number of ether oxygens (including phenoxy) is 2. The van der Waals surface area contributed by atoms with Crippen LogP contribution in [0.1, 0.15) is 50.5 Å². The van der Waals surface area contributed by atoms with Crippen LogP contribution in [0, 0.1) is 23.2 Å². The first-order valence-corrected chi connectivity index (χ1v) is 13.0. The quantitative estimate of drug-likeness (QED) is 0.534. The van der Waals surface area contributed by atoms with Crippen LogP contribution in [0.25, 0.3) is 10.8 Å². The highest BCUT2D eigenvalue weighted by Gasteiger charge is 2.51. The second kappa shape index (κ2) is 10.1. The standard InChI is InChI=1S/C29H36N2O5/c1-31(17-19-3-4-24-11-25(35-2)6-5-23(24)10-19)27(33)18-36-28(34)16-30-26(32)15-29-12-20-7-21(13-29)9-22(8-20)14-29/h3-6,10-11,20-22H,7-9,12-18H2,1-2H3,(H,30,32). The first kappa shape index (κ1) is 24.6. The Morgan fingerprint density at radius 3 is 2.28 bits per heavy atom. The van der Waals surface area contributed by atoms with Crippen LogP contribution in [-0.2, 0) is 25.7 Å². The molecule has 7 nitrogen and oxygen atoms in total. The molecule has 4 aliphatic rings. The third-order valence-electron chi connectivity index (χ3n) is 8.44. The van der Waals surface area contributed by atoms with E-state index in [4.69, 9.17) is 9.47 Å². The molecule has 0 aromatic heterocycles. The van der Waals surface area contributed by atoms with Gasteiger partial charge in [-0.05, 0) is 96.2 Å². The van der Waals surface area contributed by atoms with Gasteiger partial charge in [0.25, 0.3) is 5.91 Å². The molecule has 4 saturated carbocycles. The summed E-state index contributed by atoms with van der Waals surface area (Å²) in [7, 11) is 3.32. The number of likely N-dealkylation sites (N-methyl/N-ethyl adjacent to an activating group) is 1. The zero-order valence-corrected chi connectivity index (χ0v) is 21.3. The summed E-state index contributed by atoms with van der Waals surface area (Å²) in [6.45, 7) is -0.137. The zero-order chi connectivity index (χ0) is 25.3. The molecule has 4 fully saturated rings. The van der Waals surface area contributed by atoms with E-state index in [1.165, 1.54) is 24.2 Å². The molecule has 1 N–H and O–H groups in total. The topological polar surface area (TPSA) is 84.9 Å². The Morgan fingerprint density at radius 2 is 1.61 bits per heavy atom. The van der Waals surface area contributed by atoms with Gasteiger partial charge in [0.1, 0.15) is 12.3 Å². The number of fused-ring (bicyclic) bond motifs is 1. The maximum atomic E-state index is 12.6. The van der Waals surface area contributed by atoms with E-state index in [0.717, 1.165) is 59.1 Å². The van der Waals surface area contributed by atoms with Gasteiger partial charge in [0.05, 0.1) is 7.11 Å². The number of nitrogens with one attached hydrogen (secondary N) is 1. The highest BCUT2D eigenvalue weighted by atomic mass is 16.5. The molecular weight excluding hydrogens is 456 g/mol. The van der Waals surface area contributed by atoms with Crippen molar-refractivity contribution in [2.45, 2.75) is 51.5 Å². The van der Waals surface area contributed by atoms with E-state index in [9.17, 15) is 14.4 Å². The lowest BCUT2D eigenvalue weighted by molar-refractivity contribution is -0.151. The van der Waals surface area contributed by atoms with Gasteiger partial charge < -0.3 is 19.7 Å². The zero-order valence-electron chi connectivity index (χ0n) is 21.3. The van der Waals surface area contributed by atoms with Crippen LogP contribution in [0.15, 0.2) is 36.4 Å². The van der Waals surface area contributed by atoms with Gasteiger partial charge >= 0.3 is 5.97 Å². The molecule has 0 atom stereocenters. The van der Waals surface area contributed by atoms with Crippen LogP contribution in [0.5, 0.6) is 5.75 Å². The lowest BCUT2D eigenvalue weighted by Crippen LogP contribution is -2.48. The number of methoxy groups -OCH3 is 1. The number of esters is 1. The fourth-order valence-electron chi connectivity index (χ4n) is 7.24. The molecule has 7 heteroatoms. The van der Waals surface area contributed by atoms with Crippen molar-refractivity contribution in [3.05, 3.63) is 42.0 Å². The van der Waals surface area contributed by atoms with Gasteiger partial charge in [-0.2, -0.15) is 0 Å². The summed E-state index contributed by atoms with van der Waals surface area (Å²) in [5.41, 5.74) is 1.11. The average molecular weight is 493 g/mol. The Morgan fingerprint density at radius 1 is 0.972 bits per heavy atom. The summed E-state index contributed by atoms with van der Waals surface area (Å²) < 4.78 is 10.4. The fraction of sp³-hybridized carbons (Fsp3) is 0.552. The molecule has 6 rings (SSSR count). The number of amides is 2. The lowest BCUT2D eigenvalue weighted by Gasteiger charge is -2.56. The highest BCUT2D eigenvalue weighted by molar-refractivity contribution is 5.86. The Kier molecular flexibility index (Phi) is 6.91. The fourth-order valence-corrected chi connectivity index (χ4v) is 7.24. The minimum Gasteiger partial charge on any atom is -0.497 e. The third kappa shape index (κ3) is 5.50. The van der Waals surface area contributed by atoms with Gasteiger partial charge in [0.15, 0.2) is 6.61 Å². The van der Waals surface area contributed by atoms with Gasteiger partial charge in [0.2, 0.25) is 5.91 Å². The smallest absolute Gasteiger partial charge is 0.325 e. The van der Waals surface area contributed by atoms with Crippen molar-refractivity contribution in [1.82, 2.24) is 10.2 Å². The maximum Gasteiger partial charge on any atom is 0.325 e. The summed E-state index contributed by atoms with van der Waals surface area (Å²) >= 11 is 0. The van der Waals surface area contributed by atoms with Crippen LogP contribution in [-0.4, -0.2) is 50.0 Å². The normalized spacial score (nSPS) is 26.0. The molecule has 0 aliphatic heterocycles. The maximum absolute atomic E-state index is 12.6. The number of carbonyl (C=O) groups excluding carboxylic acids is 3. The molecule has 4 aliphatic carbocycles. The number of rotatable bonds is 9. The van der Waals surface area contributed by atoms with Crippen molar-refractivity contribution in [2.24, 2.45) is 23.2 Å². The number of hydrogen-bond acceptors (Lipinski definition) is 5. The van der Waals surface area contributed by atoms with Crippen molar-refractivity contribution >= 4 is 28.6 Å². The summed E-state index contributed by atoms with van der Waals surface area (Å²) in [5.74, 6) is 2.20. The van der Waals surface area contributed by atoms with E-state index >= 15 is 0 Å². The molecule has 2 amide bonds. The van der Waals surface area contributed by atoms with E-state index in [1.807, 2.05) is 36.4 Å². The Balaban J connectivity index is 1.04. The molecular formula is C29H36N2O5. The molecule has 0 unspecified atom stereocenters. The predicted octanol–water partition coefficient (Wildman–Crippen LogP) is 4.07. The second-order valence-electron chi connectivity index (χ2n) is 11.3. The molecule has 0 heterocycles. The van der Waals surface area contributed by atoms with Gasteiger partial charge in [-0.1, -0.05) is 18.2 Å². The Labute approximate surface area is 212 Å². The molecule has 36 heavy (non-hydrogen) atoms. The van der Waals surface area contributed by atoms with Crippen LogP contribution in [0.4, 0.5) is 0 Å². The first-order chi connectivity index (χ1) is 17.3. The van der Waals surface area contributed by atoms with E-state index in [-0.39, 0.29) is 30.4 Å². The molecule has 0 radical (unpaired) electrons. The number of hydrogen-bond donors (Lipinski definition) is 1. The monoisotopic (exact) mass is 492 g/mol. The van der Waals surface area contributed by atoms with Gasteiger partial charge in [-0.25, -0.2) is 0 Å². The minimum atomic E-state index is -0.588. The number of nitrogens with zero attached hydrogens (tertiary/aromatic N) is 1. The van der Waals surface area contributed by atoms with Crippen LogP contribution in [0.3, 0.4) is 0 Å². The summed E-state index contributed by atoms with van der Waals surface area (Å²) in [5, 5.41) is 4.85. The van der Waals surface area contributed by atoms with Crippen molar-refractivity contribution in [1.29, 1.82) is 0 Å². The van der Waals surface area contributed by atoms with Crippen molar-refractivity contribution in [3.8, 4) is 5.75 Å². The van der Waals surface area contributed by atoms with E-state index in [1.54, 1.807) is 14.2 Å². The number of benzene rings is 2. The predicted molar refractivity (Wildman–Crippen MR) is 136 cm³/mol. The summed E-state index contributed by atoms with van der Waals surface area (Å²) in [6, 6.07) is 11.9. The molecule has 192 valence electrons. The molecule has 0 saturated heterocycles. The van der Waals surface area contributed by atoms with Gasteiger partial charge in [-0.3, -0.25) is 14.4 Å². The van der Waals surface area contributed by atoms with E-state index in [0.29, 0.717) is 13.0 Å². The van der Waals surface area contributed by atoms with Crippen molar-refractivity contribution in [2.75, 3.05) is 27.3 Å². The van der Waals surface area contributed by atoms with Crippen LogP contribution < -0.4 is 10.1 Å². The molecule has 4 bridgehead atoms. The first-order valence-electron chi connectivity index (χ1n) is 13.0. The average Bonchev–Trinajstić information content (AvgIpc) is 2.84. The van der Waals surface area contributed by atoms with E-state index < -0.39 is 5.97 Å². The second-order valence-corrected chi connectivity index (χ2v) is 11.3. The molecule has 2 aromatic rings. The third-order valence-corrected chi connectivity index (χ3v) is 8.44. The largest absolute Gasteiger partial charge is 0.497 e. The van der Waals surface area contributed by atoms with Crippen molar-refractivity contribution in [3.63, 3.8) is 0 Å². The van der Waals surface area contributed by atoms with E-state index in [2.05, 4.69) is 5.32 Å². The summed E-state index contributed by atoms with van der Waals surface area (Å²) in [6.07, 6.45) is 7.99. The van der Waals surface area contributed by atoms with Crippen LogP contribution in [0.2, 0.25) is 0 Å². The summed E-state index contributed by atoms with van der Waals surface area (Å²) in [4.78, 5) is 38.8. The van der Waals surface area contributed by atoms with Crippen LogP contribution >= 0.6 is 0 Å². The minimum absolute atomic E-state index is 0.0775. The SMILES string of the molecule is COc1ccc2cc(CN(C)C(=O)COC(=O)CNC(=O)CC34CC5CC(CC(C5)C3)C4)ccc2c1. The van der Waals surface area contributed by atoms with Gasteiger partial charge in [-0.15, -0.1) is 0 Å².